The van der Waals surface area contributed by atoms with Crippen LogP contribution in [-0.2, 0) is 9.47 Å². The molecule has 0 N–H and O–H groups in total. The van der Waals surface area contributed by atoms with Gasteiger partial charge >= 0.3 is 0 Å². The van der Waals surface area contributed by atoms with Crippen LogP contribution in [0.2, 0.25) is 0 Å². The van der Waals surface area contributed by atoms with Crippen molar-refractivity contribution < 1.29 is 9.47 Å². The first kappa shape index (κ1) is 6.63. The molecule has 0 saturated heterocycles. The van der Waals surface area contributed by atoms with Crippen molar-refractivity contribution in [1.29, 1.82) is 0 Å². The van der Waals surface area contributed by atoms with E-state index in [0.29, 0.717) is 5.95 Å². The fraction of sp³-hybridized carbons (Fsp3) is 0.500. The number of hydrogen-bond donors (Lipinski definition) is 0. The molecule has 0 bridgehead atoms. The standard InChI is InChI=1S/C4H7ClO2/c1-6-4(3-5)7-2/h3H,1-2H3. The van der Waals surface area contributed by atoms with E-state index in [1.54, 1.807) is 0 Å². The van der Waals surface area contributed by atoms with Gasteiger partial charge in [-0.1, -0.05) is 11.6 Å². The number of ether oxygens (including phenoxy) is 2. The van der Waals surface area contributed by atoms with Gasteiger partial charge in [0.2, 0.25) is 0 Å². The van der Waals surface area contributed by atoms with E-state index in [1.165, 1.54) is 19.8 Å². The summed E-state index contributed by atoms with van der Waals surface area (Å²) in [5.41, 5.74) is 1.22. The number of hydrogen-bond acceptors (Lipinski definition) is 2. The van der Waals surface area contributed by atoms with E-state index in [2.05, 4.69) is 9.47 Å². The second kappa shape index (κ2) is 3.81. The smallest absolute Gasteiger partial charge is 0.290 e. The molecule has 0 aromatic carbocycles. The Morgan fingerprint density at radius 2 is 1.86 bits per heavy atom. The molecule has 0 saturated carbocycles. The minimum atomic E-state index is 0.321. The summed E-state index contributed by atoms with van der Waals surface area (Å²) in [7, 11) is 2.97. The Morgan fingerprint density at radius 1 is 1.43 bits per heavy atom. The molecule has 0 radical (unpaired) electrons. The lowest BCUT2D eigenvalue weighted by molar-refractivity contribution is 0.0965. The normalized spacial score (nSPS) is 7.29. The quantitative estimate of drug-likeness (QED) is 0.515. The molecular weight excluding hydrogens is 115 g/mol. The first-order valence-corrected chi connectivity index (χ1v) is 2.17. The molecule has 0 heterocycles. The topological polar surface area (TPSA) is 18.5 Å². The van der Waals surface area contributed by atoms with Crippen molar-refractivity contribution in [2.45, 2.75) is 0 Å². The number of halogens is 1. The monoisotopic (exact) mass is 122 g/mol. The second-order valence-corrected chi connectivity index (χ2v) is 1.05. The van der Waals surface area contributed by atoms with E-state index in [4.69, 9.17) is 11.6 Å². The maximum absolute atomic E-state index is 5.16. The van der Waals surface area contributed by atoms with Crippen molar-refractivity contribution in [1.82, 2.24) is 0 Å². The van der Waals surface area contributed by atoms with E-state index in [0.717, 1.165) is 0 Å². The Kier molecular flexibility index (Phi) is 3.61. The highest BCUT2D eigenvalue weighted by molar-refractivity contribution is 6.25. The molecule has 42 valence electrons. The van der Waals surface area contributed by atoms with Crippen molar-refractivity contribution in [3.05, 3.63) is 11.5 Å². The van der Waals surface area contributed by atoms with Gasteiger partial charge in [0, 0.05) is 0 Å². The lowest BCUT2D eigenvalue weighted by Crippen LogP contribution is -1.85. The van der Waals surface area contributed by atoms with E-state index in [9.17, 15) is 0 Å². The van der Waals surface area contributed by atoms with Gasteiger partial charge in [0.25, 0.3) is 5.95 Å². The minimum Gasteiger partial charge on any atom is -0.468 e. The van der Waals surface area contributed by atoms with Crippen molar-refractivity contribution in [2.24, 2.45) is 0 Å². The average Bonchev–Trinajstić information content (AvgIpc) is 1.72. The van der Waals surface area contributed by atoms with Gasteiger partial charge in [0.15, 0.2) is 0 Å². The van der Waals surface area contributed by atoms with Crippen LogP contribution in [0, 0.1) is 0 Å². The number of rotatable bonds is 2. The maximum atomic E-state index is 5.16. The van der Waals surface area contributed by atoms with Crippen LogP contribution >= 0.6 is 11.6 Å². The first-order chi connectivity index (χ1) is 3.35. The van der Waals surface area contributed by atoms with E-state index in [-0.39, 0.29) is 0 Å². The molecule has 0 spiro atoms. The molecule has 0 aliphatic carbocycles. The maximum Gasteiger partial charge on any atom is 0.290 e. The van der Waals surface area contributed by atoms with Gasteiger partial charge in [-0.3, -0.25) is 0 Å². The fourth-order valence-electron chi connectivity index (χ4n) is 0.172. The zero-order chi connectivity index (χ0) is 5.70. The average molecular weight is 123 g/mol. The van der Waals surface area contributed by atoms with Crippen LogP contribution in [0.5, 0.6) is 0 Å². The van der Waals surface area contributed by atoms with Gasteiger partial charge in [-0.15, -0.1) is 0 Å². The molecular formula is C4H7ClO2. The lowest BCUT2D eigenvalue weighted by Gasteiger charge is -1.98. The van der Waals surface area contributed by atoms with E-state index < -0.39 is 0 Å². The Balaban J connectivity index is 3.38. The largest absolute Gasteiger partial charge is 0.468 e. The van der Waals surface area contributed by atoms with Crippen LogP contribution in [-0.4, -0.2) is 14.2 Å². The number of methoxy groups -OCH3 is 2. The van der Waals surface area contributed by atoms with Crippen LogP contribution in [0.4, 0.5) is 0 Å². The molecule has 0 unspecified atom stereocenters. The predicted molar refractivity (Wildman–Crippen MR) is 28.0 cm³/mol. The van der Waals surface area contributed by atoms with Crippen LogP contribution in [0.3, 0.4) is 0 Å². The highest BCUT2D eigenvalue weighted by Gasteiger charge is 1.84. The summed E-state index contributed by atoms with van der Waals surface area (Å²) in [5, 5.41) is 0. The summed E-state index contributed by atoms with van der Waals surface area (Å²) in [6.07, 6.45) is 0. The first-order valence-electron chi connectivity index (χ1n) is 1.73. The summed E-state index contributed by atoms with van der Waals surface area (Å²) >= 11 is 5.16. The summed E-state index contributed by atoms with van der Waals surface area (Å²) in [6.45, 7) is 0. The molecule has 0 aliphatic heterocycles. The third-order valence-corrected chi connectivity index (χ3v) is 0.670. The fourth-order valence-corrected chi connectivity index (χ4v) is 0.351. The van der Waals surface area contributed by atoms with Crippen molar-refractivity contribution >= 4 is 11.6 Å². The molecule has 0 atom stereocenters. The highest BCUT2D eigenvalue weighted by atomic mass is 35.5. The Labute approximate surface area is 47.7 Å². The third kappa shape index (κ3) is 2.34. The van der Waals surface area contributed by atoms with Gasteiger partial charge in [-0.25, -0.2) is 0 Å². The molecule has 3 heteroatoms. The molecule has 0 aromatic heterocycles. The van der Waals surface area contributed by atoms with Crippen LogP contribution in [0.15, 0.2) is 11.5 Å². The van der Waals surface area contributed by atoms with E-state index >= 15 is 0 Å². The van der Waals surface area contributed by atoms with Crippen LogP contribution < -0.4 is 0 Å². The van der Waals surface area contributed by atoms with Gasteiger partial charge in [0.1, 0.15) is 0 Å². The molecule has 0 aromatic rings. The third-order valence-electron chi connectivity index (χ3n) is 0.491. The molecule has 0 aliphatic rings. The summed E-state index contributed by atoms with van der Waals surface area (Å²) < 4.78 is 9.11. The predicted octanol–water partition coefficient (Wildman–Crippen LogP) is 1.32. The minimum absolute atomic E-state index is 0.321. The summed E-state index contributed by atoms with van der Waals surface area (Å²) in [6, 6.07) is 0. The Morgan fingerprint density at radius 3 is 1.86 bits per heavy atom. The molecule has 0 rings (SSSR count). The Hall–Kier alpha value is -0.370. The zero-order valence-corrected chi connectivity index (χ0v) is 5.03. The van der Waals surface area contributed by atoms with Gasteiger partial charge in [-0.05, 0) is 0 Å². The van der Waals surface area contributed by atoms with E-state index in [1.807, 2.05) is 0 Å². The highest BCUT2D eigenvalue weighted by Crippen LogP contribution is 1.95. The van der Waals surface area contributed by atoms with Crippen molar-refractivity contribution in [3.8, 4) is 0 Å². The zero-order valence-electron chi connectivity index (χ0n) is 4.27. The summed E-state index contributed by atoms with van der Waals surface area (Å²) in [5.74, 6) is 0.321. The Bertz CT molecular complexity index is 64.1. The van der Waals surface area contributed by atoms with Crippen molar-refractivity contribution in [3.63, 3.8) is 0 Å². The molecule has 2 nitrogen and oxygen atoms in total. The van der Waals surface area contributed by atoms with Crippen LogP contribution in [0.25, 0.3) is 0 Å². The molecule has 7 heavy (non-hydrogen) atoms. The van der Waals surface area contributed by atoms with Gasteiger partial charge in [0.05, 0.1) is 19.8 Å². The van der Waals surface area contributed by atoms with Gasteiger partial charge < -0.3 is 9.47 Å². The second-order valence-electron chi connectivity index (χ2n) is 0.836. The van der Waals surface area contributed by atoms with Gasteiger partial charge in [-0.2, -0.15) is 0 Å². The summed E-state index contributed by atoms with van der Waals surface area (Å²) in [4.78, 5) is 0. The van der Waals surface area contributed by atoms with Crippen LogP contribution in [0.1, 0.15) is 0 Å². The molecule has 0 fully saturated rings. The SMILES string of the molecule is COC(=CCl)OC. The van der Waals surface area contributed by atoms with Crippen molar-refractivity contribution in [2.75, 3.05) is 14.2 Å². The molecule has 0 amide bonds. The lowest BCUT2D eigenvalue weighted by atomic mass is 11.0.